The van der Waals surface area contributed by atoms with E-state index in [2.05, 4.69) is 88.4 Å². The molecule has 4 aromatic rings. The van der Waals surface area contributed by atoms with E-state index in [9.17, 15) is 0 Å². The van der Waals surface area contributed by atoms with Gasteiger partial charge in [-0.15, -0.1) is 0 Å². The fraction of sp³-hybridized carbons (Fsp3) is 0.208. The Bertz CT molecular complexity index is 1080. The third-order valence-corrected chi connectivity index (χ3v) is 4.81. The molecule has 1 nitrogen and oxygen atoms in total. The minimum atomic E-state index is 0.0837. The van der Waals surface area contributed by atoms with Gasteiger partial charge in [0.2, 0.25) is 0 Å². The lowest BCUT2D eigenvalue weighted by molar-refractivity contribution is 0.596. The van der Waals surface area contributed by atoms with Crippen LogP contribution in [0.15, 0.2) is 66.7 Å². The standard InChI is InChI=1S/C24H23N/c1-16-9-11-20-18(13-16)14-19(15-21(20)24(2,3)4)23-12-10-17-7-5-6-8-22(17)25-23/h5-15H,1-4H3. The molecule has 4 rings (SSSR count). The van der Waals surface area contributed by atoms with Gasteiger partial charge in [-0.2, -0.15) is 0 Å². The van der Waals surface area contributed by atoms with Gasteiger partial charge in [0.1, 0.15) is 0 Å². The third kappa shape index (κ3) is 2.91. The maximum Gasteiger partial charge on any atom is 0.0710 e. The van der Waals surface area contributed by atoms with Crippen LogP contribution >= 0.6 is 0 Å². The number of rotatable bonds is 1. The van der Waals surface area contributed by atoms with Gasteiger partial charge in [-0.05, 0) is 52.9 Å². The number of fused-ring (bicyclic) bond motifs is 2. The summed E-state index contributed by atoms with van der Waals surface area (Å²) in [5, 5.41) is 3.80. The van der Waals surface area contributed by atoms with Gasteiger partial charge in [0.05, 0.1) is 11.2 Å². The van der Waals surface area contributed by atoms with Crippen molar-refractivity contribution in [3.05, 3.63) is 77.9 Å². The average molecular weight is 325 g/mol. The minimum Gasteiger partial charge on any atom is -0.248 e. The Kier molecular flexibility index (Phi) is 3.61. The molecule has 0 atom stereocenters. The normalized spacial score (nSPS) is 12.0. The first kappa shape index (κ1) is 15.8. The zero-order valence-corrected chi connectivity index (χ0v) is 15.3. The third-order valence-electron chi connectivity index (χ3n) is 4.81. The zero-order chi connectivity index (χ0) is 17.6. The van der Waals surface area contributed by atoms with Crippen LogP contribution in [0.4, 0.5) is 0 Å². The predicted octanol–water partition coefficient (Wildman–Crippen LogP) is 6.66. The van der Waals surface area contributed by atoms with Gasteiger partial charge in [0.25, 0.3) is 0 Å². The molecule has 124 valence electrons. The first-order valence-electron chi connectivity index (χ1n) is 8.83. The Labute approximate surface area is 149 Å². The van der Waals surface area contributed by atoms with Crippen molar-refractivity contribution in [3.63, 3.8) is 0 Å². The Morgan fingerprint density at radius 3 is 2.36 bits per heavy atom. The maximum absolute atomic E-state index is 4.90. The van der Waals surface area contributed by atoms with E-state index in [-0.39, 0.29) is 5.41 Å². The van der Waals surface area contributed by atoms with Crippen molar-refractivity contribution in [2.24, 2.45) is 0 Å². The topological polar surface area (TPSA) is 12.9 Å². The molecule has 0 aliphatic rings. The molecule has 0 saturated heterocycles. The molecular formula is C24H23N. The highest BCUT2D eigenvalue weighted by molar-refractivity contribution is 5.92. The van der Waals surface area contributed by atoms with Crippen molar-refractivity contribution in [2.75, 3.05) is 0 Å². The zero-order valence-electron chi connectivity index (χ0n) is 15.3. The second kappa shape index (κ2) is 5.70. The van der Waals surface area contributed by atoms with Crippen LogP contribution in [0.3, 0.4) is 0 Å². The highest BCUT2D eigenvalue weighted by Crippen LogP contribution is 2.35. The molecule has 0 aliphatic carbocycles. The largest absolute Gasteiger partial charge is 0.248 e. The maximum atomic E-state index is 4.90. The molecule has 3 aromatic carbocycles. The number of para-hydroxylation sites is 1. The molecular weight excluding hydrogens is 302 g/mol. The van der Waals surface area contributed by atoms with Crippen molar-refractivity contribution in [1.29, 1.82) is 0 Å². The first-order chi connectivity index (χ1) is 11.9. The van der Waals surface area contributed by atoms with Gasteiger partial charge >= 0.3 is 0 Å². The average Bonchev–Trinajstić information content (AvgIpc) is 2.59. The molecule has 0 saturated carbocycles. The number of aromatic nitrogens is 1. The molecule has 0 fully saturated rings. The van der Waals surface area contributed by atoms with E-state index in [0.29, 0.717) is 0 Å². The molecule has 0 bridgehead atoms. The summed E-state index contributed by atoms with van der Waals surface area (Å²) in [6, 6.07) is 23.9. The lowest BCUT2D eigenvalue weighted by Gasteiger charge is -2.23. The van der Waals surface area contributed by atoms with E-state index in [1.807, 2.05) is 6.07 Å². The molecule has 1 heterocycles. The summed E-state index contributed by atoms with van der Waals surface area (Å²) >= 11 is 0. The summed E-state index contributed by atoms with van der Waals surface area (Å²) in [6.07, 6.45) is 0. The molecule has 0 spiro atoms. The summed E-state index contributed by atoms with van der Waals surface area (Å²) in [7, 11) is 0. The van der Waals surface area contributed by atoms with Crippen LogP contribution in [0.1, 0.15) is 31.9 Å². The predicted molar refractivity (Wildman–Crippen MR) is 108 cm³/mol. The summed E-state index contributed by atoms with van der Waals surface area (Å²) in [5.41, 5.74) is 6.01. The molecule has 1 heteroatoms. The smallest absolute Gasteiger partial charge is 0.0710 e. The van der Waals surface area contributed by atoms with E-state index < -0.39 is 0 Å². The number of pyridine rings is 1. The number of hydrogen-bond donors (Lipinski definition) is 0. The molecule has 0 aliphatic heterocycles. The number of benzene rings is 3. The lowest BCUT2D eigenvalue weighted by Crippen LogP contribution is -2.12. The minimum absolute atomic E-state index is 0.0837. The summed E-state index contributed by atoms with van der Waals surface area (Å²) in [4.78, 5) is 4.90. The quantitative estimate of drug-likeness (QED) is 0.381. The van der Waals surface area contributed by atoms with E-state index in [0.717, 1.165) is 11.2 Å². The molecule has 0 unspecified atom stereocenters. The van der Waals surface area contributed by atoms with Crippen LogP contribution in [0.5, 0.6) is 0 Å². The number of nitrogens with zero attached hydrogens (tertiary/aromatic N) is 1. The monoisotopic (exact) mass is 325 g/mol. The van der Waals surface area contributed by atoms with Crippen molar-refractivity contribution in [3.8, 4) is 11.3 Å². The van der Waals surface area contributed by atoms with Crippen molar-refractivity contribution < 1.29 is 0 Å². The van der Waals surface area contributed by atoms with Crippen LogP contribution in [0, 0.1) is 6.92 Å². The lowest BCUT2D eigenvalue weighted by atomic mass is 9.82. The van der Waals surface area contributed by atoms with Crippen LogP contribution in [0.2, 0.25) is 0 Å². The number of hydrogen-bond acceptors (Lipinski definition) is 1. The second-order valence-electron chi connectivity index (χ2n) is 7.89. The van der Waals surface area contributed by atoms with Crippen LogP contribution < -0.4 is 0 Å². The van der Waals surface area contributed by atoms with Gasteiger partial charge in [-0.25, -0.2) is 4.98 Å². The van der Waals surface area contributed by atoms with Gasteiger partial charge in [-0.3, -0.25) is 0 Å². The Hall–Kier alpha value is -2.67. The summed E-state index contributed by atoms with van der Waals surface area (Å²) < 4.78 is 0. The second-order valence-corrected chi connectivity index (χ2v) is 7.89. The molecule has 0 N–H and O–H groups in total. The Morgan fingerprint density at radius 2 is 1.56 bits per heavy atom. The molecule has 25 heavy (non-hydrogen) atoms. The van der Waals surface area contributed by atoms with E-state index in [1.54, 1.807) is 0 Å². The summed E-state index contributed by atoms with van der Waals surface area (Å²) in [5.74, 6) is 0. The van der Waals surface area contributed by atoms with Crippen molar-refractivity contribution >= 4 is 21.7 Å². The van der Waals surface area contributed by atoms with Crippen molar-refractivity contribution in [2.45, 2.75) is 33.1 Å². The van der Waals surface area contributed by atoms with Crippen LogP contribution in [-0.2, 0) is 5.41 Å². The highest BCUT2D eigenvalue weighted by atomic mass is 14.7. The van der Waals surface area contributed by atoms with Gasteiger partial charge in [-0.1, -0.05) is 68.8 Å². The van der Waals surface area contributed by atoms with Gasteiger partial charge in [0.15, 0.2) is 0 Å². The first-order valence-corrected chi connectivity index (χ1v) is 8.83. The van der Waals surface area contributed by atoms with E-state index >= 15 is 0 Å². The van der Waals surface area contributed by atoms with Crippen molar-refractivity contribution in [1.82, 2.24) is 4.98 Å². The Balaban J connectivity index is 2.00. The Morgan fingerprint density at radius 1 is 0.760 bits per heavy atom. The van der Waals surface area contributed by atoms with Crippen LogP contribution in [0.25, 0.3) is 32.9 Å². The number of aryl methyl sites for hydroxylation is 1. The molecule has 1 aromatic heterocycles. The van der Waals surface area contributed by atoms with Gasteiger partial charge < -0.3 is 0 Å². The van der Waals surface area contributed by atoms with Crippen LogP contribution in [-0.4, -0.2) is 4.98 Å². The summed E-state index contributed by atoms with van der Waals surface area (Å²) in [6.45, 7) is 8.98. The van der Waals surface area contributed by atoms with Gasteiger partial charge in [0, 0.05) is 10.9 Å². The molecule has 0 amide bonds. The van der Waals surface area contributed by atoms with E-state index in [1.165, 1.54) is 32.8 Å². The fourth-order valence-corrected chi connectivity index (χ4v) is 3.48. The molecule has 0 radical (unpaired) electrons. The van der Waals surface area contributed by atoms with E-state index in [4.69, 9.17) is 4.98 Å². The SMILES string of the molecule is Cc1ccc2c(C(C)(C)C)cc(-c3ccc4ccccc4n3)cc2c1. The highest BCUT2D eigenvalue weighted by Gasteiger charge is 2.18. The fourth-order valence-electron chi connectivity index (χ4n) is 3.48.